The van der Waals surface area contributed by atoms with Crippen molar-refractivity contribution < 1.29 is 13.6 Å². The first-order valence-corrected chi connectivity index (χ1v) is 9.43. The molecular weight excluding hydrogens is 322 g/mol. The minimum absolute atomic E-state index is 0.0107. The Kier molecular flexibility index (Phi) is 6.79. The van der Waals surface area contributed by atoms with Crippen molar-refractivity contribution in [1.29, 1.82) is 0 Å². The van der Waals surface area contributed by atoms with Crippen molar-refractivity contribution in [1.82, 2.24) is 4.90 Å². The Balaban J connectivity index is 0.00000109. The number of anilines is 1. The summed E-state index contributed by atoms with van der Waals surface area (Å²) in [6, 6.07) is 8.43. The molecule has 1 aromatic rings. The molecule has 0 saturated carbocycles. The van der Waals surface area contributed by atoms with Crippen LogP contribution in [0.3, 0.4) is 0 Å². The van der Waals surface area contributed by atoms with E-state index in [9.17, 15) is 13.6 Å². The zero-order valence-corrected chi connectivity index (χ0v) is 15.6. The monoisotopic (exact) mass is 352 g/mol. The molecule has 5 heteroatoms. The number of amides is 1. The second kappa shape index (κ2) is 8.63. The molecule has 0 N–H and O–H groups in total. The first kappa shape index (κ1) is 19.7. The van der Waals surface area contributed by atoms with E-state index in [1.807, 2.05) is 13.8 Å². The maximum Gasteiger partial charge on any atom is 0.251 e. The van der Waals surface area contributed by atoms with Crippen LogP contribution in [-0.2, 0) is 4.79 Å². The van der Waals surface area contributed by atoms with E-state index in [4.69, 9.17) is 0 Å². The van der Waals surface area contributed by atoms with E-state index in [0.717, 1.165) is 25.9 Å². The molecule has 25 heavy (non-hydrogen) atoms. The van der Waals surface area contributed by atoms with Crippen molar-refractivity contribution in [3.8, 4) is 0 Å². The maximum absolute atomic E-state index is 13.2. The van der Waals surface area contributed by atoms with Gasteiger partial charge in [-0.05, 0) is 31.9 Å². The minimum Gasteiger partial charge on any atom is -0.371 e. The van der Waals surface area contributed by atoms with Crippen molar-refractivity contribution in [2.75, 3.05) is 31.1 Å². The van der Waals surface area contributed by atoms with Crippen LogP contribution in [0.5, 0.6) is 0 Å². The van der Waals surface area contributed by atoms with Crippen molar-refractivity contribution in [3.05, 3.63) is 29.8 Å². The zero-order chi connectivity index (χ0) is 18.4. The highest BCUT2D eigenvalue weighted by Crippen LogP contribution is 2.30. The number of hydrogen-bond acceptors (Lipinski definition) is 2. The molecule has 3 nitrogen and oxygen atoms in total. The van der Waals surface area contributed by atoms with Gasteiger partial charge in [-0.15, -0.1) is 0 Å². The van der Waals surface area contributed by atoms with Crippen LogP contribution in [0.4, 0.5) is 14.5 Å². The minimum atomic E-state index is -2.59. The molecule has 3 rings (SSSR count). The quantitative estimate of drug-likeness (QED) is 0.783. The van der Waals surface area contributed by atoms with Crippen LogP contribution >= 0.6 is 0 Å². The molecule has 1 amide bonds. The van der Waals surface area contributed by atoms with Gasteiger partial charge in [-0.3, -0.25) is 4.79 Å². The van der Waals surface area contributed by atoms with Gasteiger partial charge >= 0.3 is 0 Å². The summed E-state index contributed by atoms with van der Waals surface area (Å²) in [6.07, 6.45) is 1.22. The van der Waals surface area contributed by atoms with Crippen LogP contribution < -0.4 is 4.90 Å². The first-order valence-electron chi connectivity index (χ1n) is 9.43. The smallest absolute Gasteiger partial charge is 0.251 e. The summed E-state index contributed by atoms with van der Waals surface area (Å²) in [5.41, 5.74) is 2.43. The van der Waals surface area contributed by atoms with Gasteiger partial charge in [0.15, 0.2) is 0 Å². The lowest BCUT2D eigenvalue weighted by molar-refractivity contribution is -0.142. The summed E-state index contributed by atoms with van der Waals surface area (Å²) < 4.78 is 26.4. The Hall–Kier alpha value is -1.65. The normalized spacial score (nSPS) is 20.7. The van der Waals surface area contributed by atoms with Gasteiger partial charge in [-0.1, -0.05) is 31.5 Å². The lowest BCUT2D eigenvalue weighted by Gasteiger charge is -2.37. The predicted octanol–water partition coefficient (Wildman–Crippen LogP) is 4.50. The molecule has 0 aromatic heterocycles. The molecule has 0 spiro atoms. The summed E-state index contributed by atoms with van der Waals surface area (Å²) in [5.74, 6) is -2.53. The molecule has 140 valence electrons. The maximum atomic E-state index is 13.2. The average molecular weight is 352 g/mol. The number of piperidine rings is 2. The lowest BCUT2D eigenvalue weighted by atomic mass is 9.93. The van der Waals surface area contributed by atoms with Crippen molar-refractivity contribution in [3.63, 3.8) is 0 Å². The number of hydrogen-bond donors (Lipinski definition) is 0. The molecule has 0 bridgehead atoms. The molecule has 2 aliphatic heterocycles. The Bertz CT molecular complexity index is 541. The highest BCUT2D eigenvalue weighted by atomic mass is 19.3. The number of carbonyl (C=O) groups is 1. The van der Waals surface area contributed by atoms with E-state index in [1.54, 1.807) is 4.90 Å². The van der Waals surface area contributed by atoms with E-state index in [0.29, 0.717) is 0 Å². The van der Waals surface area contributed by atoms with Crippen LogP contribution in [0.1, 0.15) is 45.1 Å². The molecule has 0 radical (unpaired) electrons. The summed E-state index contributed by atoms with van der Waals surface area (Å²) in [7, 11) is 0. The number of rotatable bonds is 2. The van der Waals surface area contributed by atoms with Crippen LogP contribution in [0.25, 0.3) is 0 Å². The van der Waals surface area contributed by atoms with Gasteiger partial charge in [0.1, 0.15) is 0 Å². The Morgan fingerprint density at radius 3 is 2.04 bits per heavy atom. The van der Waals surface area contributed by atoms with E-state index >= 15 is 0 Å². The first-order chi connectivity index (χ1) is 11.9. The zero-order valence-electron chi connectivity index (χ0n) is 15.6. The molecule has 0 aliphatic carbocycles. The lowest BCUT2D eigenvalue weighted by Crippen LogP contribution is -2.47. The second-order valence-corrected chi connectivity index (χ2v) is 6.78. The highest BCUT2D eigenvalue weighted by Gasteiger charge is 2.37. The third kappa shape index (κ3) is 5.16. The van der Waals surface area contributed by atoms with Gasteiger partial charge in [0.2, 0.25) is 5.91 Å². The topological polar surface area (TPSA) is 23.6 Å². The summed E-state index contributed by atoms with van der Waals surface area (Å²) in [4.78, 5) is 16.5. The number of nitrogens with zero attached hydrogens (tertiary/aromatic N) is 2. The predicted molar refractivity (Wildman–Crippen MR) is 98.2 cm³/mol. The third-order valence-electron chi connectivity index (χ3n) is 5.05. The van der Waals surface area contributed by atoms with Gasteiger partial charge in [0.05, 0.1) is 0 Å². The molecule has 1 aromatic carbocycles. The standard InChI is InChI=1S/C18H24F2N2O.C2H6/c1-14-2-4-16(5-3-14)21-10-6-15(7-11-21)17(23)22-12-8-18(19,20)9-13-22;1-2/h2-5,15H,6-13H2,1H3;1-2H3. The van der Waals surface area contributed by atoms with Gasteiger partial charge in [-0.2, -0.15) is 0 Å². The van der Waals surface area contributed by atoms with Crippen LogP contribution in [-0.4, -0.2) is 42.9 Å². The second-order valence-electron chi connectivity index (χ2n) is 6.78. The van der Waals surface area contributed by atoms with Crippen LogP contribution in [0.2, 0.25) is 0 Å². The van der Waals surface area contributed by atoms with Gasteiger partial charge in [-0.25, -0.2) is 8.78 Å². The summed E-state index contributed by atoms with van der Waals surface area (Å²) >= 11 is 0. The number of likely N-dealkylation sites (tertiary alicyclic amines) is 1. The summed E-state index contributed by atoms with van der Waals surface area (Å²) in [5, 5.41) is 0. The van der Waals surface area contributed by atoms with E-state index in [1.165, 1.54) is 11.3 Å². The number of benzene rings is 1. The van der Waals surface area contributed by atoms with Crippen LogP contribution in [0.15, 0.2) is 24.3 Å². The van der Waals surface area contributed by atoms with E-state index in [-0.39, 0.29) is 37.8 Å². The van der Waals surface area contributed by atoms with Crippen molar-refractivity contribution in [2.45, 2.75) is 52.4 Å². The largest absolute Gasteiger partial charge is 0.371 e. The third-order valence-corrected chi connectivity index (χ3v) is 5.05. The van der Waals surface area contributed by atoms with E-state index in [2.05, 4.69) is 36.1 Å². The number of carbonyl (C=O) groups excluding carboxylic acids is 1. The van der Waals surface area contributed by atoms with Gasteiger partial charge in [0, 0.05) is 50.6 Å². The molecule has 2 saturated heterocycles. The number of aryl methyl sites for hydroxylation is 1. The molecule has 2 aliphatic rings. The SMILES string of the molecule is CC.Cc1ccc(N2CCC(C(=O)N3CCC(F)(F)CC3)CC2)cc1. The van der Waals surface area contributed by atoms with Crippen LogP contribution in [0, 0.1) is 12.8 Å². The van der Waals surface area contributed by atoms with Gasteiger partial charge < -0.3 is 9.80 Å². The molecule has 2 heterocycles. The Morgan fingerprint density at radius 2 is 1.52 bits per heavy atom. The number of alkyl halides is 2. The fraction of sp³-hybridized carbons (Fsp3) is 0.650. The van der Waals surface area contributed by atoms with Crippen molar-refractivity contribution >= 4 is 11.6 Å². The molecular formula is C20H30F2N2O. The fourth-order valence-electron chi connectivity index (χ4n) is 3.45. The Morgan fingerprint density at radius 1 is 1.00 bits per heavy atom. The molecule has 0 atom stereocenters. The number of halogens is 2. The molecule has 0 unspecified atom stereocenters. The summed E-state index contributed by atoms with van der Waals surface area (Å²) in [6.45, 7) is 8.16. The fourth-order valence-corrected chi connectivity index (χ4v) is 3.45. The Labute approximate surface area is 150 Å². The average Bonchev–Trinajstić information content (AvgIpc) is 2.64. The van der Waals surface area contributed by atoms with Crippen molar-refractivity contribution in [2.24, 2.45) is 5.92 Å². The van der Waals surface area contributed by atoms with E-state index < -0.39 is 5.92 Å². The molecule has 2 fully saturated rings. The highest BCUT2D eigenvalue weighted by molar-refractivity contribution is 5.79. The van der Waals surface area contributed by atoms with Gasteiger partial charge in [0.25, 0.3) is 5.92 Å².